The summed E-state index contributed by atoms with van der Waals surface area (Å²) in [5.74, 6) is 0. The molecule has 0 aromatic heterocycles. The number of hydrogen-bond acceptors (Lipinski definition) is 3. The summed E-state index contributed by atoms with van der Waals surface area (Å²) in [5.41, 5.74) is -6.90. The largest absolute Gasteiger partial charge is 0.435 e. The molecule has 0 saturated carbocycles. The molecule has 1 unspecified atom stereocenters. The molecule has 1 saturated heterocycles. The van der Waals surface area contributed by atoms with E-state index in [1.165, 1.54) is 18.2 Å². The van der Waals surface area contributed by atoms with Crippen LogP contribution < -0.4 is 0 Å². The number of nitrogens with zero attached hydrogens (tertiary/aromatic N) is 1. The van der Waals surface area contributed by atoms with Crippen LogP contribution in [0.5, 0.6) is 0 Å². The van der Waals surface area contributed by atoms with Crippen LogP contribution in [0.2, 0.25) is 0 Å². The van der Waals surface area contributed by atoms with E-state index in [4.69, 9.17) is 0 Å². The minimum absolute atomic E-state index is 0.00551. The number of carbonyl (C=O) groups is 1. The smallest absolute Gasteiger partial charge is 0.343 e. The van der Waals surface area contributed by atoms with Crippen LogP contribution in [0.4, 0.5) is 30.7 Å². The molecule has 12 heteroatoms. The Bertz CT molecular complexity index is 1130. The van der Waals surface area contributed by atoms with Crippen LogP contribution in [0, 0.1) is 6.92 Å². The van der Waals surface area contributed by atoms with Gasteiger partial charge in [-0.25, -0.2) is 12.8 Å². The lowest BCUT2D eigenvalue weighted by molar-refractivity contribution is -0.348. The number of aryl methyl sites for hydroxylation is 1. The highest BCUT2D eigenvalue weighted by Gasteiger charge is 2.73. The minimum atomic E-state index is -6.29. The van der Waals surface area contributed by atoms with Gasteiger partial charge >= 0.3 is 18.0 Å². The van der Waals surface area contributed by atoms with E-state index in [0.29, 0.717) is 12.0 Å². The van der Waals surface area contributed by atoms with Crippen LogP contribution >= 0.6 is 0 Å². The van der Waals surface area contributed by atoms with E-state index in [0.717, 1.165) is 17.0 Å². The van der Waals surface area contributed by atoms with Crippen LogP contribution in [0.3, 0.4) is 0 Å². The predicted octanol–water partition coefficient (Wildman–Crippen LogP) is 4.82. The minimum Gasteiger partial charge on any atom is -0.343 e. The molecule has 1 atom stereocenters. The summed E-state index contributed by atoms with van der Waals surface area (Å²) in [6.45, 7) is 1.27. The van der Waals surface area contributed by atoms with Gasteiger partial charge in [0.2, 0.25) is 6.41 Å². The highest BCUT2D eigenvalue weighted by atomic mass is 32.2. The molecule has 1 fully saturated rings. The fourth-order valence-corrected chi connectivity index (χ4v) is 6.20. The number of amides is 1. The third-order valence-corrected chi connectivity index (χ3v) is 8.29. The third-order valence-electron chi connectivity index (χ3n) is 5.81. The summed E-state index contributed by atoms with van der Waals surface area (Å²) in [4.78, 5) is 12.3. The van der Waals surface area contributed by atoms with Gasteiger partial charge in [-0.15, -0.1) is 0 Å². The van der Waals surface area contributed by atoms with Gasteiger partial charge in [-0.1, -0.05) is 36.4 Å². The van der Waals surface area contributed by atoms with Crippen molar-refractivity contribution in [3.8, 4) is 0 Å². The maximum atomic E-state index is 14.4. The van der Waals surface area contributed by atoms with Crippen molar-refractivity contribution in [1.82, 2.24) is 4.90 Å². The van der Waals surface area contributed by atoms with Gasteiger partial charge in [0.25, 0.3) is 0 Å². The first-order valence-corrected chi connectivity index (χ1v) is 11.0. The Labute approximate surface area is 184 Å². The third kappa shape index (κ3) is 3.87. The van der Waals surface area contributed by atoms with Crippen molar-refractivity contribution in [3.63, 3.8) is 0 Å². The van der Waals surface area contributed by atoms with Crippen LogP contribution in [-0.4, -0.2) is 45.2 Å². The monoisotopic (exact) mass is 497 g/mol. The molecule has 0 bridgehead atoms. The molecule has 0 spiro atoms. The Morgan fingerprint density at radius 2 is 1.52 bits per heavy atom. The van der Waals surface area contributed by atoms with Crippen molar-refractivity contribution in [1.29, 1.82) is 0 Å². The number of carbonyl (C=O) groups excluding carboxylic acids is 1. The van der Waals surface area contributed by atoms with Crippen LogP contribution in [0.1, 0.15) is 23.1 Å². The molecule has 2 aromatic carbocycles. The first-order chi connectivity index (χ1) is 15.1. The Kier molecular flexibility index (Phi) is 6.06. The average molecular weight is 497 g/mol. The number of benzene rings is 2. The quantitative estimate of drug-likeness (QED) is 0.440. The summed E-state index contributed by atoms with van der Waals surface area (Å²) >= 11 is 0. The van der Waals surface area contributed by atoms with Gasteiger partial charge in [0.05, 0.1) is 4.90 Å². The lowest BCUT2D eigenvalue weighted by Gasteiger charge is -2.32. The molecular weight excluding hydrogens is 479 g/mol. The van der Waals surface area contributed by atoms with E-state index in [2.05, 4.69) is 0 Å². The molecule has 1 amide bonds. The zero-order chi connectivity index (χ0) is 24.9. The molecule has 1 heterocycles. The van der Waals surface area contributed by atoms with Gasteiger partial charge < -0.3 is 4.90 Å². The highest BCUT2D eigenvalue weighted by Crippen LogP contribution is 2.53. The standard InChI is InChI=1S/C21H18F7NO3S/c1-14-3-2-4-17(11-14)33(31,32)18(9-10-29(12-18)13-30)15-5-7-16(8-6-15)19(22,20(23,24)25)21(26,27)28/h2-8,11,13H,9-10,12H2,1H3. The van der Waals surface area contributed by atoms with Gasteiger partial charge in [-0.3, -0.25) is 4.79 Å². The Morgan fingerprint density at radius 1 is 0.939 bits per heavy atom. The topological polar surface area (TPSA) is 54.5 Å². The molecule has 1 aliphatic heterocycles. The lowest BCUT2D eigenvalue weighted by atomic mass is 9.90. The summed E-state index contributed by atoms with van der Waals surface area (Å²) in [5, 5.41) is 0. The molecule has 2 aromatic rings. The van der Waals surface area contributed by atoms with E-state index in [1.807, 2.05) is 0 Å². The first kappa shape index (κ1) is 25.0. The van der Waals surface area contributed by atoms with E-state index < -0.39 is 38.2 Å². The number of alkyl halides is 7. The zero-order valence-corrected chi connectivity index (χ0v) is 17.9. The van der Waals surface area contributed by atoms with Crippen molar-refractivity contribution in [2.24, 2.45) is 0 Å². The Morgan fingerprint density at radius 3 is 1.97 bits per heavy atom. The Hall–Kier alpha value is -2.63. The van der Waals surface area contributed by atoms with Gasteiger partial charge in [0.1, 0.15) is 4.75 Å². The molecule has 4 nitrogen and oxygen atoms in total. The Balaban J connectivity index is 2.18. The molecule has 33 heavy (non-hydrogen) atoms. The lowest BCUT2D eigenvalue weighted by Crippen LogP contribution is -2.50. The maximum Gasteiger partial charge on any atom is 0.435 e. The predicted molar refractivity (Wildman–Crippen MR) is 104 cm³/mol. The van der Waals surface area contributed by atoms with E-state index in [1.54, 1.807) is 13.0 Å². The molecule has 0 aliphatic carbocycles. The second-order valence-electron chi connectivity index (χ2n) is 7.87. The molecule has 1 aliphatic rings. The number of likely N-dealkylation sites (tertiary alicyclic amines) is 1. The maximum absolute atomic E-state index is 14.4. The average Bonchev–Trinajstić information content (AvgIpc) is 3.18. The highest BCUT2D eigenvalue weighted by molar-refractivity contribution is 7.92. The molecule has 180 valence electrons. The van der Waals surface area contributed by atoms with E-state index in [9.17, 15) is 43.9 Å². The fraction of sp³-hybridized carbons (Fsp3) is 0.381. The number of rotatable bonds is 5. The van der Waals surface area contributed by atoms with Crippen molar-refractivity contribution < 1.29 is 43.9 Å². The summed E-state index contributed by atoms with van der Waals surface area (Å²) in [7, 11) is -4.26. The SMILES string of the molecule is Cc1cccc(S(=O)(=O)C2(c3ccc(C(F)(C(F)(F)F)C(F)(F)F)cc3)CCN(C=O)C2)c1. The zero-order valence-electron chi connectivity index (χ0n) is 17.0. The number of sulfone groups is 1. The van der Waals surface area contributed by atoms with Crippen molar-refractivity contribution in [3.05, 3.63) is 65.2 Å². The van der Waals surface area contributed by atoms with Gasteiger partial charge in [-0.05, 0) is 36.6 Å². The number of hydrogen-bond donors (Lipinski definition) is 0. The van der Waals surface area contributed by atoms with Crippen LogP contribution in [0.15, 0.2) is 53.4 Å². The normalized spacial score (nSPS) is 20.2. The molecular formula is C21H18F7NO3S. The second-order valence-corrected chi connectivity index (χ2v) is 10.1. The van der Waals surface area contributed by atoms with Crippen molar-refractivity contribution in [2.75, 3.05) is 13.1 Å². The van der Waals surface area contributed by atoms with E-state index >= 15 is 0 Å². The summed E-state index contributed by atoms with van der Waals surface area (Å²) in [6.07, 6.45) is -12.3. The molecule has 0 radical (unpaired) electrons. The van der Waals surface area contributed by atoms with Crippen molar-refractivity contribution >= 4 is 16.2 Å². The van der Waals surface area contributed by atoms with E-state index in [-0.39, 0.29) is 42.1 Å². The molecule has 0 N–H and O–H groups in total. The number of halogens is 7. The van der Waals surface area contributed by atoms with Crippen LogP contribution in [-0.2, 0) is 25.0 Å². The summed E-state index contributed by atoms with van der Waals surface area (Å²) < 4.78 is 118. The van der Waals surface area contributed by atoms with Crippen LogP contribution in [0.25, 0.3) is 0 Å². The fourth-order valence-electron chi connectivity index (χ4n) is 4.01. The van der Waals surface area contributed by atoms with Gasteiger partial charge in [-0.2, -0.15) is 26.3 Å². The first-order valence-electron chi connectivity index (χ1n) is 9.54. The molecule has 3 rings (SSSR count). The van der Waals surface area contributed by atoms with Gasteiger partial charge in [0, 0.05) is 18.7 Å². The van der Waals surface area contributed by atoms with Gasteiger partial charge in [0.15, 0.2) is 9.84 Å². The second kappa shape index (κ2) is 8.00. The summed E-state index contributed by atoms with van der Waals surface area (Å²) in [6, 6.07) is 7.85. The van der Waals surface area contributed by atoms with Crippen molar-refractivity contribution in [2.45, 2.75) is 41.0 Å².